The molecule has 2 atom stereocenters. The molecular formula is C21H21N3O5S3. The van der Waals surface area contributed by atoms with E-state index in [2.05, 4.69) is 12.6 Å². The van der Waals surface area contributed by atoms with E-state index in [0.29, 0.717) is 12.2 Å². The summed E-state index contributed by atoms with van der Waals surface area (Å²) in [7, 11) is -2.48. The molecule has 0 saturated carbocycles. The quantitative estimate of drug-likeness (QED) is 0.385. The first-order chi connectivity index (χ1) is 15.1. The molecule has 0 aliphatic carbocycles. The lowest BCUT2D eigenvalue weighted by Crippen LogP contribution is -2.60. The van der Waals surface area contributed by atoms with Crippen molar-refractivity contribution in [2.75, 3.05) is 23.4 Å². The topological polar surface area (TPSA) is 98.2 Å². The molecule has 2 amide bonds. The second kappa shape index (κ2) is 8.47. The molecule has 2 aromatic carbocycles. The Labute approximate surface area is 196 Å². The minimum Gasteiger partial charge on any atom is -0.338 e. The first kappa shape index (κ1) is 22.7. The zero-order valence-electron chi connectivity index (χ0n) is 17.2. The third-order valence-electron chi connectivity index (χ3n) is 5.40. The van der Waals surface area contributed by atoms with Gasteiger partial charge in [0.15, 0.2) is 5.50 Å². The molecular weight excluding hydrogens is 470 g/mol. The molecule has 8 nitrogen and oxygen atoms in total. The average Bonchev–Trinajstić information content (AvgIpc) is 3.07. The van der Waals surface area contributed by atoms with E-state index in [0.717, 1.165) is 15.6 Å². The second-order valence-electron chi connectivity index (χ2n) is 7.26. The summed E-state index contributed by atoms with van der Waals surface area (Å²) in [5, 5.41) is 0.772. The number of fused-ring (bicyclic) bond motifs is 1. The maximum absolute atomic E-state index is 13.4. The number of amides is 2. The summed E-state index contributed by atoms with van der Waals surface area (Å²) in [6.45, 7) is 2.13. The van der Waals surface area contributed by atoms with E-state index in [4.69, 9.17) is 0 Å². The number of carbonyl (C=O) groups is 2. The van der Waals surface area contributed by atoms with E-state index in [1.165, 1.54) is 45.8 Å². The highest BCUT2D eigenvalue weighted by Crippen LogP contribution is 2.45. The van der Waals surface area contributed by atoms with E-state index in [-0.39, 0.29) is 10.8 Å². The molecule has 0 bridgehead atoms. The number of hydrogen-bond donors (Lipinski definition) is 2. The van der Waals surface area contributed by atoms with Gasteiger partial charge in [-0.25, -0.2) is 0 Å². The highest BCUT2D eigenvalue weighted by atomic mass is 32.2. The average molecular weight is 492 g/mol. The van der Waals surface area contributed by atoms with Crippen molar-refractivity contribution in [2.24, 2.45) is 5.92 Å². The van der Waals surface area contributed by atoms with Crippen molar-refractivity contribution in [3.05, 3.63) is 59.6 Å². The molecule has 2 heterocycles. The maximum Gasteiger partial charge on any atom is 0.294 e. The Bertz CT molecular complexity index is 1210. The monoisotopic (exact) mass is 491 g/mol. The molecule has 2 aromatic rings. The lowest BCUT2D eigenvalue weighted by Gasteiger charge is -2.43. The maximum atomic E-state index is 13.4. The number of hydrogen-bond acceptors (Lipinski definition) is 7. The van der Waals surface area contributed by atoms with Gasteiger partial charge in [-0.05, 0) is 49.4 Å². The van der Waals surface area contributed by atoms with Gasteiger partial charge in [-0.3, -0.25) is 19.0 Å². The van der Waals surface area contributed by atoms with Crippen molar-refractivity contribution in [3.63, 3.8) is 0 Å². The number of anilines is 2. The first-order valence-electron chi connectivity index (χ1n) is 9.75. The normalized spacial score (nSPS) is 22.6. The minimum absolute atomic E-state index is 0.287. The number of carbonyl (C=O) groups excluding carboxylic acids is 2. The molecule has 2 aliphatic heterocycles. The summed E-state index contributed by atoms with van der Waals surface area (Å²) >= 11 is 5.98. The van der Waals surface area contributed by atoms with E-state index < -0.39 is 27.4 Å². The number of nitrogens with zero attached hydrogens (tertiary/aromatic N) is 3. The van der Waals surface area contributed by atoms with Gasteiger partial charge in [-0.2, -0.15) is 8.42 Å². The van der Waals surface area contributed by atoms with E-state index >= 15 is 0 Å². The third-order valence-corrected chi connectivity index (χ3v) is 7.96. The zero-order valence-corrected chi connectivity index (χ0v) is 19.8. The van der Waals surface area contributed by atoms with Crippen molar-refractivity contribution in [1.29, 1.82) is 0 Å². The minimum atomic E-state index is -4.37. The predicted octanol–water partition coefficient (Wildman–Crippen LogP) is 3.04. The van der Waals surface area contributed by atoms with Gasteiger partial charge in [-0.1, -0.05) is 23.9 Å². The Hall–Kier alpha value is -2.47. The molecule has 1 N–H and O–H groups in total. The van der Waals surface area contributed by atoms with Gasteiger partial charge in [-0.15, -0.1) is 12.6 Å². The SMILES string of the molecule is CCN1C(=O)C(C=C2Sc3ccccc3N2C)C(=O)N(c2ccc(S(=O)(=O)O)cc2)C1S. The summed E-state index contributed by atoms with van der Waals surface area (Å²) in [6.07, 6.45) is 1.66. The predicted molar refractivity (Wildman–Crippen MR) is 126 cm³/mol. The van der Waals surface area contributed by atoms with Crippen LogP contribution in [0.25, 0.3) is 0 Å². The van der Waals surface area contributed by atoms with Crippen LogP contribution in [0.4, 0.5) is 11.4 Å². The molecule has 11 heteroatoms. The Balaban J connectivity index is 1.71. The number of thioether (sulfide) groups is 1. The number of rotatable bonds is 4. The van der Waals surface area contributed by atoms with Gasteiger partial charge in [0.2, 0.25) is 11.8 Å². The first-order valence-corrected chi connectivity index (χ1v) is 12.5. The summed E-state index contributed by atoms with van der Waals surface area (Å²) in [5.74, 6) is -1.86. The largest absolute Gasteiger partial charge is 0.338 e. The fraction of sp³-hybridized carbons (Fsp3) is 0.238. The molecule has 2 unspecified atom stereocenters. The van der Waals surface area contributed by atoms with Crippen LogP contribution in [0.2, 0.25) is 0 Å². The van der Waals surface area contributed by atoms with Gasteiger partial charge in [0, 0.05) is 24.2 Å². The van der Waals surface area contributed by atoms with Crippen molar-refractivity contribution in [2.45, 2.75) is 22.2 Å². The highest BCUT2D eigenvalue weighted by Gasteiger charge is 2.44. The standard InChI is InChI=1S/C21H21N3O5S3/c1-3-23-19(25)15(12-18-22(2)16-6-4-5-7-17(16)31-18)20(26)24(21(23)30)13-8-10-14(11-9-13)32(27,28)29/h4-12,15,21,30H,3H2,1-2H3,(H,27,28,29). The molecule has 168 valence electrons. The van der Waals surface area contributed by atoms with E-state index in [9.17, 15) is 22.6 Å². The van der Waals surface area contributed by atoms with Crippen LogP contribution in [-0.4, -0.2) is 48.8 Å². The summed E-state index contributed by atoms with van der Waals surface area (Å²) in [4.78, 5) is 32.1. The molecule has 0 radical (unpaired) electrons. The number of thiol groups is 1. The molecule has 0 spiro atoms. The van der Waals surface area contributed by atoms with Crippen LogP contribution in [0, 0.1) is 5.92 Å². The molecule has 4 rings (SSSR count). The second-order valence-corrected chi connectivity index (χ2v) is 10.2. The van der Waals surface area contributed by atoms with Gasteiger partial charge in [0.25, 0.3) is 10.1 Å². The van der Waals surface area contributed by atoms with Crippen LogP contribution in [0.15, 0.2) is 69.4 Å². The van der Waals surface area contributed by atoms with Crippen LogP contribution >= 0.6 is 24.4 Å². The van der Waals surface area contributed by atoms with Crippen LogP contribution < -0.4 is 9.80 Å². The van der Waals surface area contributed by atoms with Gasteiger partial charge >= 0.3 is 0 Å². The van der Waals surface area contributed by atoms with E-state index in [1.807, 2.05) is 36.2 Å². The molecule has 1 fully saturated rings. The molecule has 0 aromatic heterocycles. The lowest BCUT2D eigenvalue weighted by molar-refractivity contribution is -0.144. The Morgan fingerprint density at radius 3 is 2.34 bits per heavy atom. The Kier molecular flexibility index (Phi) is 6.01. The van der Waals surface area contributed by atoms with Gasteiger partial charge in [0.05, 0.1) is 15.6 Å². The third kappa shape index (κ3) is 3.90. The van der Waals surface area contributed by atoms with Crippen molar-refractivity contribution >= 4 is 57.7 Å². The van der Waals surface area contributed by atoms with Crippen LogP contribution in [0.1, 0.15) is 6.92 Å². The van der Waals surface area contributed by atoms with Gasteiger partial charge < -0.3 is 9.80 Å². The Morgan fingerprint density at radius 2 is 1.75 bits per heavy atom. The van der Waals surface area contributed by atoms with Crippen molar-refractivity contribution < 1.29 is 22.6 Å². The smallest absolute Gasteiger partial charge is 0.294 e. The molecule has 32 heavy (non-hydrogen) atoms. The zero-order chi connectivity index (χ0) is 23.2. The molecule has 2 aliphatic rings. The molecule has 1 saturated heterocycles. The van der Waals surface area contributed by atoms with E-state index in [1.54, 1.807) is 13.0 Å². The lowest BCUT2D eigenvalue weighted by atomic mass is 10.0. The summed E-state index contributed by atoms with van der Waals surface area (Å²) in [6, 6.07) is 13.0. The summed E-state index contributed by atoms with van der Waals surface area (Å²) < 4.78 is 31.9. The number of para-hydroxylation sites is 1. The fourth-order valence-corrected chi connectivity index (χ4v) is 5.84. The highest BCUT2D eigenvalue weighted by molar-refractivity contribution is 8.03. The van der Waals surface area contributed by atoms with Crippen molar-refractivity contribution in [1.82, 2.24) is 4.90 Å². The van der Waals surface area contributed by atoms with Gasteiger partial charge in [0.1, 0.15) is 5.92 Å². The van der Waals surface area contributed by atoms with Crippen LogP contribution in [0.3, 0.4) is 0 Å². The number of benzene rings is 2. The van der Waals surface area contributed by atoms with Crippen molar-refractivity contribution in [3.8, 4) is 0 Å². The van der Waals surface area contributed by atoms with Crippen LogP contribution in [0.5, 0.6) is 0 Å². The Morgan fingerprint density at radius 1 is 1.09 bits per heavy atom. The summed E-state index contributed by atoms with van der Waals surface area (Å²) in [5.41, 5.74) is 0.515. The van der Waals surface area contributed by atoms with Crippen LogP contribution in [-0.2, 0) is 19.7 Å². The fourth-order valence-electron chi connectivity index (χ4n) is 3.71.